The molecule has 3 fully saturated rings. The predicted molar refractivity (Wildman–Crippen MR) is 130 cm³/mol. The number of halogens is 3. The summed E-state index contributed by atoms with van der Waals surface area (Å²) in [6, 6.07) is 0. The van der Waals surface area contributed by atoms with E-state index in [1.807, 2.05) is 0 Å². The third kappa shape index (κ3) is 10.3. The zero-order valence-corrected chi connectivity index (χ0v) is 21.5. The lowest BCUT2D eigenvalue weighted by atomic mass is 9.70. The molecule has 2 aliphatic carbocycles. The molecule has 0 aromatic rings. The van der Waals surface area contributed by atoms with Crippen molar-refractivity contribution < 1.29 is 27.4 Å². The van der Waals surface area contributed by atoms with E-state index < -0.39 is 12.6 Å². The number of unbranched alkanes of at least 4 members (excludes halogenated alkanes) is 5. The van der Waals surface area contributed by atoms with Gasteiger partial charge in [0.1, 0.15) is 0 Å². The van der Waals surface area contributed by atoms with Gasteiger partial charge in [0, 0.05) is 24.9 Å². The summed E-state index contributed by atoms with van der Waals surface area (Å²) in [5.41, 5.74) is 0. The third-order valence-electron chi connectivity index (χ3n) is 8.50. The predicted octanol–water partition coefficient (Wildman–Crippen LogP) is 8.45. The van der Waals surface area contributed by atoms with Crippen molar-refractivity contribution in [1.29, 1.82) is 0 Å². The summed E-state index contributed by atoms with van der Waals surface area (Å²) < 4.78 is 55.1. The summed E-state index contributed by atoms with van der Waals surface area (Å²) in [4.78, 5) is 0. The van der Waals surface area contributed by atoms with Gasteiger partial charge >= 0.3 is 6.18 Å². The monoisotopic (exact) mass is 490 g/mol. The molecule has 1 saturated heterocycles. The smallest absolute Gasteiger partial charge is 0.378 e. The van der Waals surface area contributed by atoms with Gasteiger partial charge in [0.05, 0.1) is 19.3 Å². The van der Waals surface area contributed by atoms with E-state index in [1.165, 1.54) is 77.0 Å². The minimum absolute atomic E-state index is 0.105. The minimum atomic E-state index is -4.06. The Morgan fingerprint density at radius 1 is 0.706 bits per heavy atom. The van der Waals surface area contributed by atoms with Crippen molar-refractivity contribution in [1.82, 2.24) is 0 Å². The van der Waals surface area contributed by atoms with Gasteiger partial charge in [-0.25, -0.2) is 0 Å². The Balaban J connectivity index is 1.22. The maximum Gasteiger partial charge on any atom is 0.389 e. The largest absolute Gasteiger partial charge is 0.389 e. The Kier molecular flexibility index (Phi) is 12.5. The van der Waals surface area contributed by atoms with Crippen molar-refractivity contribution in [3.63, 3.8) is 0 Å². The van der Waals surface area contributed by atoms with Crippen LogP contribution < -0.4 is 0 Å². The molecule has 3 rings (SSSR count). The zero-order chi connectivity index (χ0) is 24.2. The quantitative estimate of drug-likeness (QED) is 0.242. The van der Waals surface area contributed by atoms with Crippen LogP contribution >= 0.6 is 0 Å². The molecule has 0 bridgehead atoms. The Morgan fingerprint density at radius 3 is 1.88 bits per heavy atom. The van der Waals surface area contributed by atoms with Crippen LogP contribution in [0.2, 0.25) is 0 Å². The van der Waals surface area contributed by atoms with E-state index in [4.69, 9.17) is 14.2 Å². The SMILES string of the molecule is CCCCCCCCO[C@H]1CC[C@H]([C@H]2CC[C@H]([C@H]3OC[C@H](CCCC(F)(F)F)CO3)CC2)CC1. The Bertz CT molecular complexity index is 517. The van der Waals surface area contributed by atoms with Gasteiger partial charge in [0.2, 0.25) is 0 Å². The molecule has 0 aromatic heterocycles. The Labute approximate surface area is 205 Å². The zero-order valence-electron chi connectivity index (χ0n) is 21.5. The second-order valence-electron chi connectivity index (χ2n) is 11.3. The molecule has 0 radical (unpaired) electrons. The van der Waals surface area contributed by atoms with Crippen LogP contribution in [0.1, 0.15) is 116 Å². The van der Waals surface area contributed by atoms with E-state index >= 15 is 0 Å². The van der Waals surface area contributed by atoms with E-state index in [0.717, 1.165) is 31.3 Å². The maximum atomic E-state index is 12.3. The standard InChI is InChI=1S/C28H49F3O3/c1-2-3-4-5-6-7-19-32-26-16-14-24(15-17-26)23-10-12-25(13-11-23)27-33-20-22(21-34-27)9-8-18-28(29,30)31/h22-27H,2-21H2,1H3/t22-,23-,24-,25-,26-,27-. The molecule has 0 N–H and O–H groups in total. The number of rotatable bonds is 13. The van der Waals surface area contributed by atoms with E-state index in [2.05, 4.69) is 6.92 Å². The van der Waals surface area contributed by atoms with E-state index in [0.29, 0.717) is 31.7 Å². The van der Waals surface area contributed by atoms with Crippen molar-refractivity contribution in [3.8, 4) is 0 Å². The molecule has 1 heterocycles. The highest BCUT2D eigenvalue weighted by Gasteiger charge is 2.36. The van der Waals surface area contributed by atoms with Crippen molar-refractivity contribution in [2.45, 2.75) is 135 Å². The van der Waals surface area contributed by atoms with Crippen LogP contribution in [0.5, 0.6) is 0 Å². The summed E-state index contributed by atoms with van der Waals surface area (Å²) >= 11 is 0. The van der Waals surface area contributed by atoms with Gasteiger partial charge in [-0.2, -0.15) is 13.2 Å². The first-order valence-corrected chi connectivity index (χ1v) is 14.4. The van der Waals surface area contributed by atoms with Crippen LogP contribution in [-0.2, 0) is 14.2 Å². The molecule has 0 aromatic carbocycles. The normalized spacial score (nSPS) is 33.2. The van der Waals surface area contributed by atoms with Gasteiger partial charge in [-0.15, -0.1) is 0 Å². The van der Waals surface area contributed by atoms with Gasteiger partial charge in [0.15, 0.2) is 6.29 Å². The van der Waals surface area contributed by atoms with Crippen molar-refractivity contribution >= 4 is 0 Å². The van der Waals surface area contributed by atoms with Gasteiger partial charge in [-0.1, -0.05) is 39.0 Å². The Morgan fingerprint density at radius 2 is 1.26 bits per heavy atom. The lowest BCUT2D eigenvalue weighted by Crippen LogP contribution is -2.39. The molecular formula is C28H49F3O3. The average Bonchev–Trinajstić information content (AvgIpc) is 2.84. The van der Waals surface area contributed by atoms with Crippen molar-refractivity contribution in [2.24, 2.45) is 23.7 Å². The molecule has 200 valence electrons. The van der Waals surface area contributed by atoms with Gasteiger partial charge in [-0.05, 0) is 82.5 Å². The van der Waals surface area contributed by atoms with Crippen molar-refractivity contribution in [2.75, 3.05) is 19.8 Å². The molecule has 1 aliphatic heterocycles. The first-order chi connectivity index (χ1) is 16.4. The van der Waals surface area contributed by atoms with E-state index in [-0.39, 0.29) is 18.6 Å². The highest BCUT2D eigenvalue weighted by atomic mass is 19.4. The summed E-state index contributed by atoms with van der Waals surface area (Å²) in [6.45, 7) is 4.30. The van der Waals surface area contributed by atoms with Crippen LogP contribution in [-0.4, -0.2) is 38.4 Å². The fraction of sp³-hybridized carbons (Fsp3) is 1.00. The molecule has 2 saturated carbocycles. The number of ether oxygens (including phenoxy) is 3. The Hall–Kier alpha value is -0.330. The molecule has 3 aliphatic rings. The van der Waals surface area contributed by atoms with E-state index in [9.17, 15) is 13.2 Å². The third-order valence-corrected chi connectivity index (χ3v) is 8.50. The van der Waals surface area contributed by atoms with Crippen LogP contribution in [0.15, 0.2) is 0 Å². The number of hydrogen-bond acceptors (Lipinski definition) is 3. The first-order valence-electron chi connectivity index (χ1n) is 14.4. The summed E-state index contributed by atoms with van der Waals surface area (Å²) in [5.74, 6) is 2.23. The van der Waals surface area contributed by atoms with Crippen LogP contribution in [0, 0.1) is 23.7 Å². The fourth-order valence-electron chi connectivity index (χ4n) is 6.34. The molecular weight excluding hydrogens is 441 g/mol. The fourth-order valence-corrected chi connectivity index (χ4v) is 6.34. The van der Waals surface area contributed by atoms with Gasteiger partial charge < -0.3 is 14.2 Å². The topological polar surface area (TPSA) is 27.7 Å². The summed E-state index contributed by atoms with van der Waals surface area (Å²) in [7, 11) is 0. The molecule has 0 unspecified atom stereocenters. The second-order valence-corrected chi connectivity index (χ2v) is 11.3. The summed E-state index contributed by atoms with van der Waals surface area (Å²) in [6.07, 6.45) is 14.1. The second kappa shape index (κ2) is 15.0. The van der Waals surface area contributed by atoms with Gasteiger partial charge in [0.25, 0.3) is 0 Å². The van der Waals surface area contributed by atoms with Gasteiger partial charge in [-0.3, -0.25) is 0 Å². The highest BCUT2D eigenvalue weighted by Crippen LogP contribution is 2.42. The lowest BCUT2D eigenvalue weighted by molar-refractivity contribution is -0.231. The molecule has 3 nitrogen and oxygen atoms in total. The first kappa shape index (κ1) is 28.2. The molecule has 6 heteroatoms. The maximum absolute atomic E-state index is 12.3. The van der Waals surface area contributed by atoms with Crippen LogP contribution in [0.25, 0.3) is 0 Å². The molecule has 34 heavy (non-hydrogen) atoms. The van der Waals surface area contributed by atoms with Crippen LogP contribution in [0.3, 0.4) is 0 Å². The highest BCUT2D eigenvalue weighted by molar-refractivity contribution is 4.84. The molecule has 0 amide bonds. The number of alkyl halides is 3. The number of hydrogen-bond donors (Lipinski definition) is 0. The molecule has 0 atom stereocenters. The minimum Gasteiger partial charge on any atom is -0.378 e. The summed E-state index contributed by atoms with van der Waals surface area (Å²) in [5, 5.41) is 0. The molecule has 0 spiro atoms. The van der Waals surface area contributed by atoms with Crippen LogP contribution in [0.4, 0.5) is 13.2 Å². The lowest BCUT2D eigenvalue weighted by Gasteiger charge is -2.41. The van der Waals surface area contributed by atoms with E-state index in [1.54, 1.807) is 0 Å². The van der Waals surface area contributed by atoms with Crippen molar-refractivity contribution in [3.05, 3.63) is 0 Å². The average molecular weight is 491 g/mol.